The fraction of sp³-hybridized carbons (Fsp3) is 0.571. The largest absolute Gasteiger partial charge is 0.472 e. The molecule has 1 aliphatic rings. The van der Waals surface area contributed by atoms with Crippen LogP contribution in [-0.2, 0) is 27.9 Å². The number of aromatic nitrogens is 2. The van der Waals surface area contributed by atoms with Crippen molar-refractivity contribution >= 4 is 13.8 Å². The molecule has 0 aromatic carbocycles. The molecule has 0 amide bonds. The van der Waals surface area contributed by atoms with Crippen molar-refractivity contribution in [3.8, 4) is 6.07 Å². The summed E-state index contributed by atoms with van der Waals surface area (Å²) in [7, 11) is -4.50. The fourth-order valence-electron chi connectivity index (χ4n) is 2.44. The number of ether oxygens (including phenoxy) is 2. The molecule has 2 N–H and O–H groups in total. The number of phosphoric acid groups is 1. The van der Waals surface area contributed by atoms with Crippen molar-refractivity contribution in [3.05, 3.63) is 32.9 Å². The van der Waals surface area contributed by atoms with Crippen LogP contribution in [0.3, 0.4) is 0 Å². The number of esters is 1. The summed E-state index contributed by atoms with van der Waals surface area (Å²) in [5.74, 6) is -1.91. The molecule has 0 radical (unpaired) electrons. The van der Waals surface area contributed by atoms with E-state index in [4.69, 9.17) is 19.3 Å². The van der Waals surface area contributed by atoms with Crippen LogP contribution in [0.1, 0.15) is 26.0 Å². The first-order valence-corrected chi connectivity index (χ1v) is 9.45. The third-order valence-corrected chi connectivity index (χ3v) is 4.59. The highest BCUT2D eigenvalue weighted by Gasteiger charge is 2.40. The number of nitrogens with zero attached hydrogens (tertiary/aromatic N) is 2. The van der Waals surface area contributed by atoms with Gasteiger partial charge in [-0.1, -0.05) is 0 Å². The van der Waals surface area contributed by atoms with E-state index in [0.717, 1.165) is 11.5 Å². The Hall–Kier alpha value is -2.36. The van der Waals surface area contributed by atoms with Crippen LogP contribution < -0.4 is 11.2 Å². The molecule has 1 aromatic rings. The van der Waals surface area contributed by atoms with Crippen LogP contribution in [0.15, 0.2) is 15.8 Å². The van der Waals surface area contributed by atoms with E-state index < -0.39 is 55.9 Å². The molecule has 1 unspecified atom stereocenters. The predicted molar refractivity (Wildman–Crippen MR) is 87.3 cm³/mol. The highest BCUT2D eigenvalue weighted by atomic mass is 31.2. The van der Waals surface area contributed by atoms with Crippen LogP contribution in [0.25, 0.3) is 0 Å². The Balaban J connectivity index is 2.12. The van der Waals surface area contributed by atoms with Gasteiger partial charge >= 0.3 is 19.5 Å². The number of carbonyl (C=O) groups is 1. The Labute approximate surface area is 157 Å². The van der Waals surface area contributed by atoms with Gasteiger partial charge in [0.25, 0.3) is 5.56 Å². The Morgan fingerprint density at radius 3 is 2.89 bits per heavy atom. The lowest BCUT2D eigenvalue weighted by Gasteiger charge is -2.19. The zero-order chi connectivity index (χ0) is 20.9. The molecule has 0 bridgehead atoms. The van der Waals surface area contributed by atoms with Crippen molar-refractivity contribution in [3.63, 3.8) is 0 Å². The van der Waals surface area contributed by atoms with Crippen molar-refractivity contribution in [2.45, 2.75) is 38.2 Å². The Morgan fingerprint density at radius 1 is 1.54 bits per heavy atom. The monoisotopic (exact) mass is 421 g/mol. The Kier molecular flexibility index (Phi) is 7.22. The van der Waals surface area contributed by atoms with Gasteiger partial charge in [-0.15, -0.1) is 0 Å². The number of aromatic amines is 1. The summed E-state index contributed by atoms with van der Waals surface area (Å²) in [5.41, 5.74) is -2.15. The van der Waals surface area contributed by atoms with Crippen molar-refractivity contribution in [2.75, 3.05) is 13.2 Å². The molecule has 1 aliphatic heterocycles. The van der Waals surface area contributed by atoms with Crippen LogP contribution in [0.5, 0.6) is 0 Å². The second-order valence-corrected chi connectivity index (χ2v) is 7.12. The number of rotatable bonds is 8. The van der Waals surface area contributed by atoms with E-state index in [1.165, 1.54) is 0 Å². The van der Waals surface area contributed by atoms with Gasteiger partial charge in [0.15, 0.2) is 0 Å². The predicted octanol–water partition coefficient (Wildman–Crippen LogP) is -0.0578. The molecule has 1 fully saturated rings. The summed E-state index contributed by atoms with van der Waals surface area (Å²) in [6.45, 7) is 0.228. The molecule has 12 nitrogen and oxygen atoms in total. The molecular weight excluding hydrogens is 404 g/mol. The number of halogens is 1. The van der Waals surface area contributed by atoms with Gasteiger partial charge in [0.2, 0.25) is 5.82 Å². The highest BCUT2D eigenvalue weighted by Crippen LogP contribution is 2.44. The lowest BCUT2D eigenvalue weighted by atomic mass is 10.2. The maximum absolute atomic E-state index is 13.5. The van der Waals surface area contributed by atoms with Crippen molar-refractivity contribution in [1.82, 2.24) is 9.55 Å². The molecule has 2 heterocycles. The van der Waals surface area contributed by atoms with Crippen LogP contribution in [0.2, 0.25) is 0 Å². The first-order valence-electron chi connectivity index (χ1n) is 7.95. The zero-order valence-corrected chi connectivity index (χ0v) is 15.5. The van der Waals surface area contributed by atoms with E-state index >= 15 is 0 Å². The molecular formula is C14H17FN3O9P. The minimum absolute atomic E-state index is 0.107. The van der Waals surface area contributed by atoms with Crippen LogP contribution >= 0.6 is 7.82 Å². The zero-order valence-electron chi connectivity index (χ0n) is 14.6. The Bertz CT molecular complexity index is 924. The summed E-state index contributed by atoms with van der Waals surface area (Å²) in [5, 5.41) is 8.39. The highest BCUT2D eigenvalue weighted by molar-refractivity contribution is 7.47. The summed E-state index contributed by atoms with van der Waals surface area (Å²) in [4.78, 5) is 45.6. The smallest absolute Gasteiger partial charge is 0.460 e. The number of hydrogen-bond donors (Lipinski definition) is 2. The lowest BCUT2D eigenvalue weighted by Crippen LogP contribution is -2.34. The second-order valence-electron chi connectivity index (χ2n) is 5.66. The summed E-state index contributed by atoms with van der Waals surface area (Å²) >= 11 is 0. The van der Waals surface area contributed by atoms with E-state index in [1.54, 1.807) is 11.1 Å². The first kappa shape index (κ1) is 21.9. The van der Waals surface area contributed by atoms with E-state index in [9.17, 15) is 28.2 Å². The summed E-state index contributed by atoms with van der Waals surface area (Å²) in [6, 6.07) is 1.72. The van der Waals surface area contributed by atoms with Gasteiger partial charge in [-0.3, -0.25) is 28.2 Å². The normalized spacial score (nSPS) is 23.7. The quantitative estimate of drug-likeness (QED) is 0.329. The Morgan fingerprint density at radius 2 is 2.25 bits per heavy atom. The van der Waals surface area contributed by atoms with E-state index in [-0.39, 0.29) is 19.4 Å². The van der Waals surface area contributed by atoms with E-state index in [1.807, 2.05) is 0 Å². The lowest BCUT2D eigenvalue weighted by molar-refractivity contribution is -0.150. The average molecular weight is 421 g/mol. The number of carbonyl (C=O) groups excluding carboxylic acids is 1. The molecule has 0 saturated carbocycles. The fourth-order valence-corrected chi connectivity index (χ4v) is 3.18. The average Bonchev–Trinajstić information content (AvgIpc) is 2.98. The summed E-state index contributed by atoms with van der Waals surface area (Å²) in [6.07, 6.45) is -2.80. The molecule has 0 spiro atoms. The van der Waals surface area contributed by atoms with Gasteiger partial charge in [0, 0.05) is 13.3 Å². The minimum Gasteiger partial charge on any atom is -0.460 e. The third kappa shape index (κ3) is 5.82. The standard InChI is InChI=1S/C14H17FN3O9P/c1-8(19)26-10-5-12(18-6-9(15)13(20)17-14(18)21)27-11(10)7-25-28(22,23)24-4-2-3-16/h6,10-12H,2,4-5,7H2,1H3,(H,22,23)(H,17,20,21)/t10-,11+,12+/m0/s1. The number of phosphoric ester groups is 1. The molecule has 0 aliphatic carbocycles. The minimum atomic E-state index is -4.50. The third-order valence-electron chi connectivity index (χ3n) is 3.60. The molecule has 28 heavy (non-hydrogen) atoms. The van der Waals surface area contributed by atoms with E-state index in [2.05, 4.69) is 4.52 Å². The van der Waals surface area contributed by atoms with Crippen LogP contribution in [0, 0.1) is 17.1 Å². The van der Waals surface area contributed by atoms with Gasteiger partial charge < -0.3 is 14.4 Å². The number of hydrogen-bond acceptors (Lipinski definition) is 9. The molecule has 1 saturated heterocycles. The molecule has 2 rings (SSSR count). The van der Waals surface area contributed by atoms with Gasteiger partial charge in [-0.2, -0.15) is 9.65 Å². The topological polar surface area (TPSA) is 170 Å². The van der Waals surface area contributed by atoms with Crippen molar-refractivity contribution in [2.24, 2.45) is 0 Å². The van der Waals surface area contributed by atoms with Crippen LogP contribution in [0.4, 0.5) is 4.39 Å². The van der Waals surface area contributed by atoms with Gasteiger partial charge in [0.1, 0.15) is 18.4 Å². The van der Waals surface area contributed by atoms with Crippen molar-refractivity contribution < 1.29 is 37.2 Å². The first-order chi connectivity index (χ1) is 13.1. The summed E-state index contributed by atoms with van der Waals surface area (Å²) < 4.78 is 45.9. The number of nitrogens with one attached hydrogen (secondary N) is 1. The van der Waals surface area contributed by atoms with Crippen LogP contribution in [-0.4, -0.2) is 45.8 Å². The second kappa shape index (κ2) is 9.22. The van der Waals surface area contributed by atoms with Crippen molar-refractivity contribution in [1.29, 1.82) is 5.26 Å². The molecule has 14 heteroatoms. The maximum atomic E-state index is 13.5. The molecule has 4 atom stereocenters. The molecule has 1 aromatic heterocycles. The van der Waals surface area contributed by atoms with E-state index in [0.29, 0.717) is 6.20 Å². The molecule has 154 valence electrons. The number of H-pyrrole nitrogens is 1. The van der Waals surface area contributed by atoms with Gasteiger partial charge in [-0.05, 0) is 0 Å². The van der Waals surface area contributed by atoms with Gasteiger partial charge in [0.05, 0.1) is 31.9 Å². The maximum Gasteiger partial charge on any atom is 0.472 e. The number of nitriles is 1. The van der Waals surface area contributed by atoms with Gasteiger partial charge in [-0.25, -0.2) is 9.36 Å². The SMILES string of the molecule is CC(=O)O[C@H]1C[C@H](n2cc(F)c(=O)[nH]c2=O)O[C@@H]1COP(=O)(O)OCCC#N.